The average molecular weight is 329 g/mol. The fourth-order valence-electron chi connectivity index (χ4n) is 3.62. The van der Waals surface area contributed by atoms with Gasteiger partial charge in [-0.25, -0.2) is 0 Å². The first-order chi connectivity index (χ1) is 11.5. The molecule has 1 unspecified atom stereocenters. The number of hydrogen-bond acceptors (Lipinski definition) is 3. The zero-order chi connectivity index (χ0) is 17.1. The minimum absolute atomic E-state index is 0.117. The Morgan fingerprint density at radius 1 is 1.12 bits per heavy atom. The molecular formula is C19H27N3O2. The fourth-order valence-corrected chi connectivity index (χ4v) is 3.62. The van der Waals surface area contributed by atoms with Crippen molar-refractivity contribution in [2.45, 2.75) is 32.9 Å². The molecule has 3 rings (SSSR count). The molecule has 2 aliphatic rings. The predicted octanol–water partition coefficient (Wildman–Crippen LogP) is 1.59. The topological polar surface area (TPSA) is 43.9 Å². The highest BCUT2D eigenvalue weighted by Crippen LogP contribution is 2.23. The van der Waals surface area contributed by atoms with Crippen molar-refractivity contribution in [3.63, 3.8) is 0 Å². The number of piperazine rings is 1. The lowest BCUT2D eigenvalue weighted by molar-refractivity contribution is -0.137. The van der Waals surface area contributed by atoms with E-state index in [1.807, 2.05) is 29.7 Å². The summed E-state index contributed by atoms with van der Waals surface area (Å²) in [7, 11) is 0. The summed E-state index contributed by atoms with van der Waals surface area (Å²) in [5, 5.41) is 0. The summed E-state index contributed by atoms with van der Waals surface area (Å²) in [6.07, 6.45) is 0.376. The molecule has 0 N–H and O–H groups in total. The van der Waals surface area contributed by atoms with E-state index in [0.29, 0.717) is 13.0 Å². The van der Waals surface area contributed by atoms with Gasteiger partial charge in [-0.3, -0.25) is 14.5 Å². The number of carbonyl (C=O) groups excluding carboxylic acids is 2. The summed E-state index contributed by atoms with van der Waals surface area (Å²) in [5.74, 6) is 0.123. The summed E-state index contributed by atoms with van der Waals surface area (Å²) in [4.78, 5) is 30.9. The van der Waals surface area contributed by atoms with E-state index in [0.717, 1.165) is 32.7 Å². The Labute approximate surface area is 144 Å². The van der Waals surface area contributed by atoms with Gasteiger partial charge in [-0.05, 0) is 19.4 Å². The molecule has 1 aromatic rings. The SMILES string of the molecule is CC(C)N1CC(C(=O)N2CCN(Cc3ccccc3)CC2)CC1=O. The van der Waals surface area contributed by atoms with Crippen LogP contribution in [0.15, 0.2) is 30.3 Å². The molecule has 5 heteroatoms. The van der Waals surface area contributed by atoms with Crippen molar-refractivity contribution in [3.05, 3.63) is 35.9 Å². The Kier molecular flexibility index (Phi) is 5.19. The van der Waals surface area contributed by atoms with Crippen LogP contribution in [0.25, 0.3) is 0 Å². The lowest BCUT2D eigenvalue weighted by Gasteiger charge is -2.36. The summed E-state index contributed by atoms with van der Waals surface area (Å²) in [5.41, 5.74) is 1.31. The number of carbonyl (C=O) groups is 2. The third-order valence-corrected chi connectivity index (χ3v) is 5.06. The molecule has 0 spiro atoms. The van der Waals surface area contributed by atoms with Gasteiger partial charge in [-0.15, -0.1) is 0 Å². The van der Waals surface area contributed by atoms with Gasteiger partial charge in [-0.1, -0.05) is 30.3 Å². The second-order valence-electron chi connectivity index (χ2n) is 7.13. The van der Waals surface area contributed by atoms with Crippen molar-refractivity contribution < 1.29 is 9.59 Å². The van der Waals surface area contributed by atoms with Crippen LogP contribution in [0.4, 0.5) is 0 Å². The Morgan fingerprint density at radius 2 is 1.79 bits per heavy atom. The molecule has 2 aliphatic heterocycles. The predicted molar refractivity (Wildman–Crippen MR) is 93.3 cm³/mol. The zero-order valence-electron chi connectivity index (χ0n) is 14.6. The molecule has 0 radical (unpaired) electrons. The van der Waals surface area contributed by atoms with E-state index in [4.69, 9.17) is 0 Å². The van der Waals surface area contributed by atoms with Gasteiger partial charge in [0.25, 0.3) is 0 Å². The van der Waals surface area contributed by atoms with Crippen LogP contribution in [0, 0.1) is 5.92 Å². The van der Waals surface area contributed by atoms with Gasteiger partial charge < -0.3 is 9.80 Å². The van der Waals surface area contributed by atoms with Crippen LogP contribution < -0.4 is 0 Å². The van der Waals surface area contributed by atoms with Crippen LogP contribution >= 0.6 is 0 Å². The minimum atomic E-state index is -0.152. The van der Waals surface area contributed by atoms with E-state index in [2.05, 4.69) is 29.2 Å². The molecule has 0 saturated carbocycles. The maximum Gasteiger partial charge on any atom is 0.228 e. The van der Waals surface area contributed by atoms with Crippen molar-refractivity contribution in [3.8, 4) is 0 Å². The van der Waals surface area contributed by atoms with Gasteiger partial charge >= 0.3 is 0 Å². The van der Waals surface area contributed by atoms with Crippen LogP contribution in [-0.4, -0.2) is 65.3 Å². The molecule has 0 aliphatic carbocycles. The van der Waals surface area contributed by atoms with Crippen molar-refractivity contribution >= 4 is 11.8 Å². The molecule has 0 aromatic heterocycles. The molecule has 130 valence electrons. The Hall–Kier alpha value is -1.88. The van der Waals surface area contributed by atoms with Gasteiger partial charge in [0.05, 0.1) is 5.92 Å². The number of benzene rings is 1. The number of likely N-dealkylation sites (tertiary alicyclic amines) is 1. The first-order valence-corrected chi connectivity index (χ1v) is 8.89. The molecule has 2 heterocycles. The van der Waals surface area contributed by atoms with E-state index in [9.17, 15) is 9.59 Å². The summed E-state index contributed by atoms with van der Waals surface area (Å²) >= 11 is 0. The molecule has 2 amide bonds. The summed E-state index contributed by atoms with van der Waals surface area (Å²) < 4.78 is 0. The van der Waals surface area contributed by atoms with Gasteiger partial charge in [0, 0.05) is 51.7 Å². The maximum atomic E-state index is 12.7. The first kappa shape index (κ1) is 17.0. The standard InChI is InChI=1S/C19H27N3O2/c1-15(2)22-14-17(12-18(22)23)19(24)21-10-8-20(9-11-21)13-16-6-4-3-5-7-16/h3-7,15,17H,8-14H2,1-2H3. The highest BCUT2D eigenvalue weighted by atomic mass is 16.2. The maximum absolute atomic E-state index is 12.7. The molecule has 2 fully saturated rings. The third-order valence-electron chi connectivity index (χ3n) is 5.06. The molecule has 1 atom stereocenters. The van der Waals surface area contributed by atoms with Gasteiger partial charge in [0.1, 0.15) is 0 Å². The number of rotatable bonds is 4. The Bertz CT molecular complexity index is 580. The quantitative estimate of drug-likeness (QED) is 0.842. The summed E-state index contributed by atoms with van der Waals surface area (Å²) in [6.45, 7) is 8.85. The van der Waals surface area contributed by atoms with Gasteiger partial charge in [0.15, 0.2) is 0 Å². The second kappa shape index (κ2) is 7.34. The molecule has 2 saturated heterocycles. The number of hydrogen-bond donors (Lipinski definition) is 0. The molecule has 24 heavy (non-hydrogen) atoms. The van der Waals surface area contributed by atoms with Crippen molar-refractivity contribution in [2.24, 2.45) is 5.92 Å². The van der Waals surface area contributed by atoms with E-state index in [-0.39, 0.29) is 23.8 Å². The van der Waals surface area contributed by atoms with Crippen molar-refractivity contribution in [1.82, 2.24) is 14.7 Å². The number of amides is 2. The Balaban J connectivity index is 1.50. The van der Waals surface area contributed by atoms with E-state index >= 15 is 0 Å². The minimum Gasteiger partial charge on any atom is -0.340 e. The summed E-state index contributed by atoms with van der Waals surface area (Å²) in [6, 6.07) is 10.6. The van der Waals surface area contributed by atoms with Crippen molar-refractivity contribution in [1.29, 1.82) is 0 Å². The zero-order valence-corrected chi connectivity index (χ0v) is 14.6. The molecule has 5 nitrogen and oxygen atoms in total. The lowest BCUT2D eigenvalue weighted by atomic mass is 10.1. The van der Waals surface area contributed by atoms with E-state index < -0.39 is 0 Å². The van der Waals surface area contributed by atoms with Gasteiger partial charge in [-0.2, -0.15) is 0 Å². The lowest BCUT2D eigenvalue weighted by Crippen LogP contribution is -2.50. The molecule has 0 bridgehead atoms. The molecular weight excluding hydrogens is 302 g/mol. The van der Waals surface area contributed by atoms with E-state index in [1.54, 1.807) is 0 Å². The largest absolute Gasteiger partial charge is 0.340 e. The molecule has 1 aromatic carbocycles. The third kappa shape index (κ3) is 3.78. The number of nitrogens with zero attached hydrogens (tertiary/aromatic N) is 3. The normalized spacial score (nSPS) is 22.5. The highest BCUT2D eigenvalue weighted by Gasteiger charge is 2.38. The average Bonchev–Trinajstić information content (AvgIpc) is 2.98. The van der Waals surface area contributed by atoms with Crippen LogP contribution in [0.3, 0.4) is 0 Å². The van der Waals surface area contributed by atoms with Crippen LogP contribution in [-0.2, 0) is 16.1 Å². The fraction of sp³-hybridized carbons (Fsp3) is 0.579. The van der Waals surface area contributed by atoms with Gasteiger partial charge in [0.2, 0.25) is 11.8 Å². The van der Waals surface area contributed by atoms with Crippen LogP contribution in [0.5, 0.6) is 0 Å². The second-order valence-corrected chi connectivity index (χ2v) is 7.13. The highest BCUT2D eigenvalue weighted by molar-refractivity contribution is 5.89. The van der Waals surface area contributed by atoms with Crippen LogP contribution in [0.1, 0.15) is 25.8 Å². The smallest absolute Gasteiger partial charge is 0.228 e. The monoisotopic (exact) mass is 329 g/mol. The van der Waals surface area contributed by atoms with Crippen LogP contribution in [0.2, 0.25) is 0 Å². The van der Waals surface area contributed by atoms with E-state index in [1.165, 1.54) is 5.56 Å². The van der Waals surface area contributed by atoms with Crippen molar-refractivity contribution in [2.75, 3.05) is 32.7 Å². The Morgan fingerprint density at radius 3 is 2.38 bits per heavy atom. The first-order valence-electron chi connectivity index (χ1n) is 8.89.